The number of non-ortho nitro benzene ring substituents is 1. The van der Waals surface area contributed by atoms with Crippen LogP contribution in [0.1, 0.15) is 70.0 Å². The van der Waals surface area contributed by atoms with Crippen molar-refractivity contribution in [2.45, 2.75) is 58.9 Å². The zero-order chi connectivity index (χ0) is 29.2. The number of rotatable bonds is 15. The molecule has 216 valence electrons. The number of ketones is 1. The van der Waals surface area contributed by atoms with Gasteiger partial charge in [-0.15, -0.1) is 0 Å². The van der Waals surface area contributed by atoms with Gasteiger partial charge >= 0.3 is 0 Å². The molecule has 0 radical (unpaired) electrons. The second-order valence-electron chi connectivity index (χ2n) is 9.86. The first-order chi connectivity index (χ1) is 19.2. The van der Waals surface area contributed by atoms with Crippen molar-refractivity contribution in [3.05, 3.63) is 69.3 Å². The van der Waals surface area contributed by atoms with Crippen molar-refractivity contribution in [3.63, 3.8) is 0 Å². The number of phenolic OH excluding ortho intramolecular Hbond substituents is 1. The minimum atomic E-state index is -0.922. The lowest BCUT2D eigenvalue weighted by molar-refractivity contribution is -0.384. The highest BCUT2D eigenvalue weighted by Gasteiger charge is 2.46. The third-order valence-corrected chi connectivity index (χ3v) is 7.02. The summed E-state index contributed by atoms with van der Waals surface area (Å²) < 4.78 is 5.54. The monoisotopic (exact) mass is 553 g/mol. The quantitative estimate of drug-likeness (QED) is 0.0983. The molecule has 2 aromatic carbocycles. The average molecular weight is 554 g/mol. The Bertz CT molecular complexity index is 1220. The Labute approximate surface area is 235 Å². The molecule has 0 bridgehead atoms. The maximum absolute atomic E-state index is 13.3. The van der Waals surface area contributed by atoms with Gasteiger partial charge in [-0.25, -0.2) is 0 Å². The number of carbonyl (C=O) groups is 2. The van der Waals surface area contributed by atoms with Gasteiger partial charge in [-0.2, -0.15) is 0 Å². The van der Waals surface area contributed by atoms with E-state index >= 15 is 0 Å². The molecule has 0 aliphatic carbocycles. The van der Waals surface area contributed by atoms with E-state index < -0.39 is 28.4 Å². The van der Waals surface area contributed by atoms with E-state index in [0.29, 0.717) is 18.6 Å². The fraction of sp³-hybridized carbons (Fsp3) is 0.467. The first-order valence-corrected chi connectivity index (χ1v) is 13.9. The molecule has 2 aromatic rings. The summed E-state index contributed by atoms with van der Waals surface area (Å²) in [6, 6.07) is 8.84. The summed E-state index contributed by atoms with van der Waals surface area (Å²) in [5.74, 6) is -1.86. The summed E-state index contributed by atoms with van der Waals surface area (Å²) in [5.41, 5.74) is 0.408. The fourth-order valence-electron chi connectivity index (χ4n) is 4.89. The van der Waals surface area contributed by atoms with E-state index in [1.807, 2.05) is 0 Å². The summed E-state index contributed by atoms with van der Waals surface area (Å²) in [4.78, 5) is 41.0. The van der Waals surface area contributed by atoms with Crippen LogP contribution < -0.4 is 4.74 Å². The van der Waals surface area contributed by atoms with Gasteiger partial charge in [-0.3, -0.25) is 19.7 Å². The highest BCUT2D eigenvalue weighted by molar-refractivity contribution is 6.46. The van der Waals surface area contributed by atoms with Crippen LogP contribution in [-0.4, -0.2) is 69.4 Å². The van der Waals surface area contributed by atoms with Crippen molar-refractivity contribution in [3.8, 4) is 11.5 Å². The SMILES string of the molecule is CCCCN(CCCC)CCCN1C(=O)C(=O)C(=C(O)c2ccc([N+](=O)[O-])cc2)[C@H]1c1ccc(O)c(OCC)c1. The number of aromatic hydroxyl groups is 1. The Morgan fingerprint density at radius 3 is 2.20 bits per heavy atom. The lowest BCUT2D eigenvalue weighted by Gasteiger charge is -2.28. The highest BCUT2D eigenvalue weighted by Crippen LogP contribution is 2.42. The van der Waals surface area contributed by atoms with Crippen molar-refractivity contribution < 1.29 is 29.5 Å². The van der Waals surface area contributed by atoms with Gasteiger partial charge in [-0.1, -0.05) is 32.8 Å². The molecule has 1 saturated heterocycles. The summed E-state index contributed by atoms with van der Waals surface area (Å²) in [6.45, 7) is 9.35. The number of Topliss-reactive ketones (excluding diaryl/α,β-unsaturated/α-hetero) is 1. The van der Waals surface area contributed by atoms with E-state index in [0.717, 1.165) is 45.3 Å². The number of amides is 1. The lowest BCUT2D eigenvalue weighted by Crippen LogP contribution is -2.34. The number of nitro groups is 1. The van der Waals surface area contributed by atoms with Crippen molar-refractivity contribution in [1.29, 1.82) is 0 Å². The molecule has 10 nitrogen and oxygen atoms in total. The molecule has 1 aliphatic heterocycles. The number of carbonyl (C=O) groups excluding carboxylic acids is 2. The van der Waals surface area contributed by atoms with Gasteiger partial charge in [0, 0.05) is 24.2 Å². The third-order valence-electron chi connectivity index (χ3n) is 7.02. The number of aliphatic hydroxyl groups is 1. The number of benzene rings is 2. The molecule has 1 heterocycles. The Hall–Kier alpha value is -3.92. The average Bonchev–Trinajstić information content (AvgIpc) is 3.20. The number of likely N-dealkylation sites (tertiary alicyclic amines) is 1. The maximum Gasteiger partial charge on any atom is 0.295 e. The molecule has 0 saturated carbocycles. The number of aliphatic hydroxyl groups excluding tert-OH is 1. The molecule has 40 heavy (non-hydrogen) atoms. The normalized spacial score (nSPS) is 16.6. The Kier molecular flexibility index (Phi) is 11.1. The van der Waals surface area contributed by atoms with E-state index in [1.165, 1.54) is 35.2 Å². The molecule has 1 amide bonds. The summed E-state index contributed by atoms with van der Waals surface area (Å²) >= 11 is 0. The van der Waals surface area contributed by atoms with Gasteiger partial charge in [0.15, 0.2) is 11.5 Å². The van der Waals surface area contributed by atoms with Crippen LogP contribution in [-0.2, 0) is 9.59 Å². The zero-order valence-electron chi connectivity index (χ0n) is 23.5. The molecule has 0 unspecified atom stereocenters. The Morgan fingerprint density at radius 1 is 1.00 bits per heavy atom. The standard InChI is InChI=1S/C30H39N3O7/c1-4-7-16-31(17-8-5-2)18-9-19-32-27(22-12-15-24(34)25(20-22)40-6-3)26(29(36)30(32)37)28(35)21-10-13-23(14-11-21)33(38)39/h10-15,20,27,34-35H,4-9,16-19H2,1-3H3/t27-/m1/s1. The predicted octanol–water partition coefficient (Wildman–Crippen LogP) is 5.41. The molecular weight excluding hydrogens is 514 g/mol. The molecule has 1 aliphatic rings. The second kappa shape index (κ2) is 14.5. The summed E-state index contributed by atoms with van der Waals surface area (Å²) in [5, 5.41) is 32.6. The van der Waals surface area contributed by atoms with E-state index in [1.54, 1.807) is 19.1 Å². The van der Waals surface area contributed by atoms with Gasteiger partial charge in [0.25, 0.3) is 17.4 Å². The molecule has 3 rings (SSSR count). The van der Waals surface area contributed by atoms with Crippen LogP contribution in [0.5, 0.6) is 11.5 Å². The largest absolute Gasteiger partial charge is 0.507 e. The number of hydrogen-bond donors (Lipinski definition) is 2. The van der Waals surface area contributed by atoms with E-state index in [-0.39, 0.29) is 34.9 Å². The van der Waals surface area contributed by atoms with Crippen molar-refractivity contribution in [2.24, 2.45) is 0 Å². The van der Waals surface area contributed by atoms with E-state index in [9.17, 15) is 29.9 Å². The molecule has 10 heteroatoms. The maximum atomic E-state index is 13.3. The molecule has 0 aromatic heterocycles. The van der Waals surface area contributed by atoms with E-state index in [2.05, 4.69) is 18.7 Å². The summed E-state index contributed by atoms with van der Waals surface area (Å²) in [7, 11) is 0. The number of ether oxygens (including phenoxy) is 1. The van der Waals surface area contributed by atoms with Crippen LogP contribution in [0.25, 0.3) is 5.76 Å². The number of hydrogen-bond acceptors (Lipinski definition) is 8. The van der Waals surface area contributed by atoms with E-state index in [4.69, 9.17) is 4.74 Å². The fourth-order valence-corrected chi connectivity index (χ4v) is 4.89. The third kappa shape index (κ3) is 7.18. The first-order valence-electron chi connectivity index (χ1n) is 13.9. The first kappa shape index (κ1) is 30.6. The predicted molar refractivity (Wildman–Crippen MR) is 152 cm³/mol. The summed E-state index contributed by atoms with van der Waals surface area (Å²) in [6.07, 6.45) is 4.96. The van der Waals surface area contributed by atoms with Gasteiger partial charge in [0.05, 0.1) is 23.1 Å². The van der Waals surface area contributed by atoms with Gasteiger partial charge in [0.2, 0.25) is 0 Å². The molecule has 1 atom stereocenters. The van der Waals surface area contributed by atoms with Crippen LogP contribution in [0.2, 0.25) is 0 Å². The van der Waals surface area contributed by atoms with Crippen molar-refractivity contribution >= 4 is 23.1 Å². The number of nitro benzene ring substituents is 1. The number of phenols is 1. The minimum absolute atomic E-state index is 0.0830. The van der Waals surface area contributed by atoms with Gasteiger partial charge in [-0.05, 0) is 75.6 Å². The second-order valence-corrected chi connectivity index (χ2v) is 9.86. The molecule has 2 N–H and O–H groups in total. The van der Waals surface area contributed by atoms with Crippen molar-refractivity contribution in [1.82, 2.24) is 9.80 Å². The molecule has 0 spiro atoms. The van der Waals surface area contributed by atoms with Crippen LogP contribution in [0.15, 0.2) is 48.0 Å². The van der Waals surface area contributed by atoms with Crippen LogP contribution in [0.3, 0.4) is 0 Å². The van der Waals surface area contributed by atoms with Crippen molar-refractivity contribution in [2.75, 3.05) is 32.8 Å². The Balaban J connectivity index is 2.00. The Morgan fingerprint density at radius 2 is 1.62 bits per heavy atom. The molecule has 1 fully saturated rings. The minimum Gasteiger partial charge on any atom is -0.507 e. The van der Waals surface area contributed by atoms with Gasteiger partial charge in [0.1, 0.15) is 5.76 Å². The van der Waals surface area contributed by atoms with Crippen LogP contribution in [0.4, 0.5) is 5.69 Å². The number of nitrogens with zero attached hydrogens (tertiary/aromatic N) is 3. The zero-order valence-corrected chi connectivity index (χ0v) is 23.5. The smallest absolute Gasteiger partial charge is 0.295 e. The topological polar surface area (TPSA) is 133 Å². The number of unbranched alkanes of at least 4 members (excludes halogenated alkanes) is 2. The van der Waals surface area contributed by atoms with Crippen LogP contribution >= 0.6 is 0 Å². The molecular formula is C30H39N3O7. The van der Waals surface area contributed by atoms with Gasteiger partial charge < -0.3 is 24.7 Å². The highest BCUT2D eigenvalue weighted by atomic mass is 16.6. The van der Waals surface area contributed by atoms with Crippen LogP contribution in [0, 0.1) is 10.1 Å². The lowest BCUT2D eigenvalue weighted by atomic mass is 9.95.